The molecule has 1 aromatic heterocycles. The van der Waals surface area contributed by atoms with Crippen LogP contribution in [0.5, 0.6) is 5.75 Å². The standard InChI is InChI=1S/C17H20BF2NO3/c1-10-6-11-8-12(22-15(19)20)9-21-14(11)13(7-10)18-23-16(2,3)17(4,5)24-18/h6-9,15H,1-5H3. The van der Waals surface area contributed by atoms with E-state index in [1.165, 1.54) is 6.20 Å². The topological polar surface area (TPSA) is 40.6 Å². The third-order valence-corrected chi connectivity index (χ3v) is 4.66. The number of aryl methyl sites for hydroxylation is 1. The van der Waals surface area contributed by atoms with E-state index in [2.05, 4.69) is 9.72 Å². The van der Waals surface area contributed by atoms with E-state index in [4.69, 9.17) is 9.31 Å². The summed E-state index contributed by atoms with van der Waals surface area (Å²) >= 11 is 0. The highest BCUT2D eigenvalue weighted by Gasteiger charge is 2.52. The van der Waals surface area contributed by atoms with Gasteiger partial charge in [0.1, 0.15) is 5.75 Å². The van der Waals surface area contributed by atoms with Gasteiger partial charge in [-0.25, -0.2) is 0 Å². The van der Waals surface area contributed by atoms with Crippen molar-refractivity contribution in [1.82, 2.24) is 4.98 Å². The van der Waals surface area contributed by atoms with Crippen molar-refractivity contribution in [3.05, 3.63) is 30.0 Å². The van der Waals surface area contributed by atoms with Crippen molar-refractivity contribution in [3.8, 4) is 5.75 Å². The van der Waals surface area contributed by atoms with Crippen LogP contribution in [-0.4, -0.2) is 29.9 Å². The second kappa shape index (κ2) is 5.67. The smallest absolute Gasteiger partial charge is 0.433 e. The van der Waals surface area contributed by atoms with Crippen LogP contribution in [0.15, 0.2) is 24.4 Å². The molecule has 0 bridgehead atoms. The summed E-state index contributed by atoms with van der Waals surface area (Å²) in [7, 11) is -0.563. The molecule has 0 unspecified atom stereocenters. The number of halogens is 2. The average Bonchev–Trinajstić information content (AvgIpc) is 2.65. The number of nitrogens with zero attached hydrogens (tertiary/aromatic N) is 1. The third kappa shape index (κ3) is 2.98. The Balaban J connectivity index is 2.06. The molecule has 1 fully saturated rings. The summed E-state index contributed by atoms with van der Waals surface area (Å²) in [5.74, 6) is 0.0305. The molecule has 1 aromatic carbocycles. The summed E-state index contributed by atoms with van der Waals surface area (Å²) in [5.41, 5.74) is 1.47. The van der Waals surface area contributed by atoms with E-state index in [0.29, 0.717) is 10.9 Å². The largest absolute Gasteiger partial charge is 0.497 e. The van der Waals surface area contributed by atoms with Crippen LogP contribution in [0, 0.1) is 6.92 Å². The predicted molar refractivity (Wildman–Crippen MR) is 88.8 cm³/mol. The Bertz CT molecular complexity index is 764. The predicted octanol–water partition coefficient (Wildman–Crippen LogP) is 3.44. The number of pyridine rings is 1. The fraction of sp³-hybridized carbons (Fsp3) is 0.471. The molecular weight excluding hydrogens is 315 g/mol. The maximum atomic E-state index is 12.4. The maximum Gasteiger partial charge on any atom is 0.497 e. The van der Waals surface area contributed by atoms with Gasteiger partial charge in [-0.1, -0.05) is 11.6 Å². The van der Waals surface area contributed by atoms with Gasteiger partial charge in [0.15, 0.2) is 0 Å². The van der Waals surface area contributed by atoms with Crippen molar-refractivity contribution in [3.63, 3.8) is 0 Å². The van der Waals surface area contributed by atoms with E-state index < -0.39 is 24.9 Å². The fourth-order valence-electron chi connectivity index (χ4n) is 2.73. The second-order valence-electron chi connectivity index (χ2n) is 7.06. The van der Waals surface area contributed by atoms with Crippen LogP contribution in [0.1, 0.15) is 33.3 Å². The lowest BCUT2D eigenvalue weighted by Gasteiger charge is -2.32. The molecule has 2 heterocycles. The summed E-state index contributed by atoms with van der Waals surface area (Å²) in [6, 6.07) is 5.37. The molecule has 0 radical (unpaired) electrons. The average molecular weight is 335 g/mol. The minimum atomic E-state index is -2.88. The lowest BCUT2D eigenvalue weighted by atomic mass is 9.77. The van der Waals surface area contributed by atoms with Gasteiger partial charge in [-0.05, 0) is 46.8 Å². The highest BCUT2D eigenvalue weighted by Crippen LogP contribution is 2.37. The van der Waals surface area contributed by atoms with Crippen LogP contribution in [0.25, 0.3) is 10.9 Å². The van der Waals surface area contributed by atoms with Crippen molar-refractivity contribution in [2.75, 3.05) is 0 Å². The van der Waals surface area contributed by atoms with Gasteiger partial charge in [-0.15, -0.1) is 0 Å². The highest BCUT2D eigenvalue weighted by atomic mass is 19.3. The van der Waals surface area contributed by atoms with E-state index >= 15 is 0 Å². The molecule has 1 aliphatic rings. The first-order valence-electron chi connectivity index (χ1n) is 7.80. The number of hydrogen-bond donors (Lipinski definition) is 0. The Morgan fingerprint density at radius 1 is 1.08 bits per heavy atom. The highest BCUT2D eigenvalue weighted by molar-refractivity contribution is 6.65. The van der Waals surface area contributed by atoms with E-state index in [-0.39, 0.29) is 5.75 Å². The van der Waals surface area contributed by atoms with Gasteiger partial charge in [-0.3, -0.25) is 4.98 Å². The Kier molecular flexibility index (Phi) is 4.04. The first-order valence-corrected chi connectivity index (χ1v) is 7.80. The molecule has 1 aliphatic heterocycles. The van der Waals surface area contributed by atoms with Crippen LogP contribution in [0.4, 0.5) is 8.78 Å². The zero-order chi connectivity index (χ0) is 17.7. The van der Waals surface area contributed by atoms with Crippen molar-refractivity contribution < 1.29 is 22.8 Å². The summed E-state index contributed by atoms with van der Waals surface area (Å²) in [5, 5.41) is 0.706. The second-order valence-corrected chi connectivity index (χ2v) is 7.06. The van der Waals surface area contributed by atoms with Gasteiger partial charge in [0.25, 0.3) is 0 Å². The van der Waals surface area contributed by atoms with Crippen LogP contribution < -0.4 is 10.2 Å². The van der Waals surface area contributed by atoms with E-state index in [9.17, 15) is 8.78 Å². The third-order valence-electron chi connectivity index (χ3n) is 4.66. The van der Waals surface area contributed by atoms with Crippen LogP contribution in [0.2, 0.25) is 0 Å². The van der Waals surface area contributed by atoms with E-state index in [1.54, 1.807) is 6.07 Å². The summed E-state index contributed by atoms with van der Waals surface area (Å²) in [4.78, 5) is 4.30. The Labute approximate surface area is 140 Å². The molecule has 24 heavy (non-hydrogen) atoms. The normalized spacial score (nSPS) is 19.2. The quantitative estimate of drug-likeness (QED) is 0.806. The zero-order valence-corrected chi connectivity index (χ0v) is 14.4. The van der Waals surface area contributed by atoms with Crippen LogP contribution >= 0.6 is 0 Å². The molecule has 3 rings (SSSR count). The minimum Gasteiger partial charge on any atom is -0.433 e. The number of hydrogen-bond acceptors (Lipinski definition) is 4. The molecule has 0 atom stereocenters. The molecule has 128 valence electrons. The number of aromatic nitrogens is 1. The first kappa shape index (κ1) is 17.1. The van der Waals surface area contributed by atoms with E-state index in [1.807, 2.05) is 46.8 Å². The lowest BCUT2D eigenvalue weighted by Crippen LogP contribution is -2.41. The van der Waals surface area contributed by atoms with Gasteiger partial charge in [0, 0.05) is 10.8 Å². The van der Waals surface area contributed by atoms with Crippen molar-refractivity contribution >= 4 is 23.5 Å². The van der Waals surface area contributed by atoms with Gasteiger partial charge < -0.3 is 14.0 Å². The minimum absolute atomic E-state index is 0.0305. The van der Waals surface area contributed by atoms with Crippen molar-refractivity contribution in [1.29, 1.82) is 0 Å². The Morgan fingerprint density at radius 3 is 2.29 bits per heavy atom. The first-order chi connectivity index (χ1) is 11.1. The molecule has 2 aromatic rings. The monoisotopic (exact) mass is 335 g/mol. The molecule has 0 N–H and O–H groups in total. The number of benzene rings is 1. The van der Waals surface area contributed by atoms with Crippen LogP contribution in [0.3, 0.4) is 0 Å². The van der Waals surface area contributed by atoms with Gasteiger partial charge >= 0.3 is 13.7 Å². The summed E-state index contributed by atoms with van der Waals surface area (Å²) in [6.07, 6.45) is 1.29. The SMILES string of the molecule is Cc1cc(B2OC(C)(C)C(C)(C)O2)c2ncc(OC(F)F)cc2c1. The van der Waals surface area contributed by atoms with Crippen molar-refractivity contribution in [2.24, 2.45) is 0 Å². The molecule has 1 saturated heterocycles. The lowest BCUT2D eigenvalue weighted by molar-refractivity contribution is -0.0499. The summed E-state index contributed by atoms with van der Waals surface area (Å²) in [6.45, 7) is 6.96. The zero-order valence-electron chi connectivity index (χ0n) is 14.4. The fourth-order valence-corrected chi connectivity index (χ4v) is 2.73. The molecule has 0 amide bonds. The molecule has 7 heteroatoms. The summed E-state index contributed by atoms with van der Waals surface area (Å²) < 4.78 is 41.4. The van der Waals surface area contributed by atoms with Crippen LogP contribution in [-0.2, 0) is 9.31 Å². The van der Waals surface area contributed by atoms with Gasteiger partial charge in [0.05, 0.1) is 22.9 Å². The number of fused-ring (bicyclic) bond motifs is 1. The number of alkyl halides is 2. The number of rotatable bonds is 3. The number of ether oxygens (including phenoxy) is 1. The maximum absolute atomic E-state index is 12.4. The van der Waals surface area contributed by atoms with Gasteiger partial charge in [-0.2, -0.15) is 8.78 Å². The Hall–Kier alpha value is -1.73. The van der Waals surface area contributed by atoms with Crippen molar-refractivity contribution in [2.45, 2.75) is 52.4 Å². The van der Waals surface area contributed by atoms with Gasteiger partial charge in [0.2, 0.25) is 0 Å². The molecule has 4 nitrogen and oxygen atoms in total. The Morgan fingerprint density at radius 2 is 1.71 bits per heavy atom. The molecular formula is C17H20BF2NO3. The van der Waals surface area contributed by atoms with E-state index in [0.717, 1.165) is 11.0 Å². The molecule has 0 saturated carbocycles. The molecule has 0 spiro atoms. The molecule has 0 aliphatic carbocycles.